The first-order chi connectivity index (χ1) is 6.49. The molecule has 2 aliphatic rings. The molecule has 1 nitrogen and oxygen atoms in total. The average Bonchev–Trinajstić information content (AvgIpc) is 2.00. The fourth-order valence-corrected chi connectivity index (χ4v) is 2.74. The zero-order valence-corrected chi connectivity index (χ0v) is 12.4. The van der Waals surface area contributed by atoms with E-state index in [-0.39, 0.29) is 57.3 Å². The van der Waals surface area contributed by atoms with E-state index in [9.17, 15) is 12.9 Å². The minimum atomic E-state index is -4.57. The molecule has 82 valence electrons. The molecule has 2 fully saturated rings. The Morgan fingerprint density at radius 2 is 1.67 bits per heavy atom. The van der Waals surface area contributed by atoms with Crippen molar-refractivity contribution in [2.75, 3.05) is 13.1 Å². The van der Waals surface area contributed by atoms with Crippen molar-refractivity contribution in [3.05, 3.63) is 0 Å². The molecule has 15 heavy (non-hydrogen) atoms. The Morgan fingerprint density at radius 1 is 1.13 bits per heavy atom. The second-order valence-electron chi connectivity index (χ2n) is 4.99. The van der Waals surface area contributed by atoms with Crippen LogP contribution in [0.15, 0.2) is 0 Å². The zero-order chi connectivity index (χ0) is 10.2. The molecule has 1 spiro atoms. The molecule has 2 rings (SSSR count). The SMILES string of the molecule is F[B-](F)(F)CC1CCC2(CC1)CNC2.[K+]. The van der Waals surface area contributed by atoms with Gasteiger partial charge >= 0.3 is 58.4 Å². The topological polar surface area (TPSA) is 12.0 Å². The van der Waals surface area contributed by atoms with Gasteiger partial charge in [0.1, 0.15) is 0 Å². The van der Waals surface area contributed by atoms with E-state index in [0.29, 0.717) is 5.41 Å². The summed E-state index contributed by atoms with van der Waals surface area (Å²) < 4.78 is 36.5. The van der Waals surface area contributed by atoms with E-state index in [2.05, 4.69) is 5.32 Å². The summed E-state index contributed by atoms with van der Waals surface area (Å²) in [6.07, 6.45) is 3.04. The van der Waals surface area contributed by atoms with E-state index in [1.54, 1.807) is 0 Å². The first kappa shape index (κ1) is 14.5. The summed E-state index contributed by atoms with van der Waals surface area (Å²) in [4.78, 5) is 0. The normalized spacial score (nSPS) is 25.8. The number of hydrogen-bond donors (Lipinski definition) is 1. The van der Waals surface area contributed by atoms with E-state index < -0.39 is 13.3 Å². The van der Waals surface area contributed by atoms with E-state index in [4.69, 9.17) is 0 Å². The van der Waals surface area contributed by atoms with Crippen molar-refractivity contribution in [3.8, 4) is 0 Å². The Kier molecular flexibility index (Phi) is 5.22. The average molecular weight is 245 g/mol. The molecule has 0 aromatic carbocycles. The summed E-state index contributed by atoms with van der Waals surface area (Å²) in [7, 11) is 0. The Labute approximate surface area is 131 Å². The van der Waals surface area contributed by atoms with Crippen LogP contribution in [0.4, 0.5) is 12.9 Å². The van der Waals surface area contributed by atoms with Gasteiger partial charge in [0, 0.05) is 13.1 Å². The third-order valence-electron chi connectivity index (χ3n) is 3.77. The van der Waals surface area contributed by atoms with E-state index >= 15 is 0 Å². The molecule has 1 N–H and O–H groups in total. The molecule has 1 aliphatic heterocycles. The first-order valence-corrected chi connectivity index (χ1v) is 5.41. The summed E-state index contributed by atoms with van der Waals surface area (Å²) in [6, 6.07) is 0. The first-order valence-electron chi connectivity index (χ1n) is 5.41. The van der Waals surface area contributed by atoms with Crippen LogP contribution < -0.4 is 56.7 Å². The molecule has 6 heteroatoms. The van der Waals surface area contributed by atoms with Crippen LogP contribution in [-0.2, 0) is 0 Å². The minimum Gasteiger partial charge on any atom is -0.449 e. The van der Waals surface area contributed by atoms with Crippen LogP contribution in [0.2, 0.25) is 6.32 Å². The molecule has 0 amide bonds. The van der Waals surface area contributed by atoms with E-state index in [1.807, 2.05) is 0 Å². The molecule has 0 atom stereocenters. The van der Waals surface area contributed by atoms with Gasteiger partial charge in [0.25, 0.3) is 0 Å². The van der Waals surface area contributed by atoms with Crippen molar-refractivity contribution < 1.29 is 64.3 Å². The van der Waals surface area contributed by atoms with Gasteiger partial charge in [-0.15, -0.1) is 0 Å². The number of hydrogen-bond acceptors (Lipinski definition) is 1. The van der Waals surface area contributed by atoms with Crippen LogP contribution >= 0.6 is 0 Å². The maximum absolute atomic E-state index is 12.2. The molecule has 1 saturated heterocycles. The van der Waals surface area contributed by atoms with Gasteiger partial charge in [-0.3, -0.25) is 0 Å². The zero-order valence-electron chi connectivity index (χ0n) is 9.24. The quantitative estimate of drug-likeness (QED) is 0.654. The van der Waals surface area contributed by atoms with Crippen LogP contribution in [0.5, 0.6) is 0 Å². The largest absolute Gasteiger partial charge is 1.00 e. The molecule has 1 aliphatic carbocycles. The molecule has 0 bridgehead atoms. The summed E-state index contributed by atoms with van der Waals surface area (Å²) in [5.41, 5.74) is 0.384. The minimum absolute atomic E-state index is 0. The Morgan fingerprint density at radius 3 is 2.00 bits per heavy atom. The summed E-state index contributed by atoms with van der Waals surface area (Å²) in [5.74, 6) is -0.0822. The van der Waals surface area contributed by atoms with Crippen LogP contribution in [0.25, 0.3) is 0 Å². The fraction of sp³-hybridized carbons (Fsp3) is 1.00. The maximum Gasteiger partial charge on any atom is 1.00 e. The monoisotopic (exact) mass is 245 g/mol. The van der Waals surface area contributed by atoms with Gasteiger partial charge in [-0.2, -0.15) is 0 Å². The second-order valence-corrected chi connectivity index (χ2v) is 4.99. The maximum atomic E-state index is 12.2. The van der Waals surface area contributed by atoms with Crippen molar-refractivity contribution >= 4 is 6.98 Å². The number of halogens is 3. The Hall–Kier alpha value is 1.45. The predicted molar refractivity (Wildman–Crippen MR) is 51.1 cm³/mol. The molecular weight excluding hydrogens is 229 g/mol. The standard InChI is InChI=1S/C9H16BF3N.K/c11-10(12,13)5-8-1-3-9(4-2-8)6-14-7-9;/h8,14H,1-7H2;/q-1;+1. The van der Waals surface area contributed by atoms with Gasteiger partial charge in [0.15, 0.2) is 0 Å². The van der Waals surface area contributed by atoms with E-state index in [0.717, 1.165) is 38.8 Å². The predicted octanol–water partition coefficient (Wildman–Crippen LogP) is -0.382. The van der Waals surface area contributed by atoms with Crippen LogP contribution in [0.3, 0.4) is 0 Å². The van der Waals surface area contributed by atoms with Crippen LogP contribution in [0.1, 0.15) is 25.7 Å². The van der Waals surface area contributed by atoms with Crippen molar-refractivity contribution in [2.24, 2.45) is 11.3 Å². The second kappa shape index (κ2) is 5.40. The van der Waals surface area contributed by atoms with Gasteiger partial charge in [-0.05, 0) is 18.3 Å². The van der Waals surface area contributed by atoms with E-state index in [1.165, 1.54) is 0 Å². The Bertz CT molecular complexity index is 208. The summed E-state index contributed by atoms with van der Waals surface area (Å²) in [6.45, 7) is -2.52. The molecule has 1 saturated carbocycles. The molecule has 0 unspecified atom stereocenters. The molecular formula is C9H16BF3KN. The van der Waals surface area contributed by atoms with Gasteiger partial charge in [0.05, 0.1) is 0 Å². The van der Waals surface area contributed by atoms with Gasteiger partial charge in [0.2, 0.25) is 0 Å². The van der Waals surface area contributed by atoms with Crippen LogP contribution in [-0.4, -0.2) is 20.1 Å². The van der Waals surface area contributed by atoms with Gasteiger partial charge < -0.3 is 18.3 Å². The number of rotatable bonds is 2. The van der Waals surface area contributed by atoms with Crippen molar-refractivity contribution in [3.63, 3.8) is 0 Å². The smallest absolute Gasteiger partial charge is 0.449 e. The third kappa shape index (κ3) is 4.00. The third-order valence-corrected chi connectivity index (χ3v) is 3.77. The number of nitrogens with one attached hydrogen (secondary N) is 1. The molecule has 0 aromatic heterocycles. The van der Waals surface area contributed by atoms with Crippen LogP contribution in [0, 0.1) is 11.3 Å². The van der Waals surface area contributed by atoms with Crippen molar-refractivity contribution in [1.82, 2.24) is 5.32 Å². The molecule has 0 aromatic rings. The summed E-state index contributed by atoms with van der Waals surface area (Å²) >= 11 is 0. The van der Waals surface area contributed by atoms with Gasteiger partial charge in [-0.25, -0.2) is 0 Å². The van der Waals surface area contributed by atoms with Crippen molar-refractivity contribution in [1.29, 1.82) is 0 Å². The molecule has 1 heterocycles. The summed E-state index contributed by atoms with van der Waals surface area (Å²) in [5, 5.41) is 3.22. The van der Waals surface area contributed by atoms with Crippen molar-refractivity contribution in [2.45, 2.75) is 32.0 Å². The van der Waals surface area contributed by atoms with Gasteiger partial charge in [-0.1, -0.05) is 25.1 Å². The Balaban J connectivity index is 0.00000112. The molecule has 0 radical (unpaired) electrons. The fourth-order valence-electron chi connectivity index (χ4n) is 2.74.